The Morgan fingerprint density at radius 3 is 2.32 bits per heavy atom. The van der Waals surface area contributed by atoms with E-state index < -0.39 is 64.4 Å². The fourth-order valence-corrected chi connectivity index (χ4v) is 7.00. The topological polar surface area (TPSA) is 167 Å². The molecule has 1 amide bonds. The molecule has 5 rings (SSSR count). The summed E-state index contributed by atoms with van der Waals surface area (Å²) in [5, 5.41) is 25.8. The van der Waals surface area contributed by atoms with Gasteiger partial charge in [-0.3, -0.25) is 28.9 Å². The van der Waals surface area contributed by atoms with Crippen LogP contribution < -0.4 is 11.1 Å². The van der Waals surface area contributed by atoms with E-state index in [-0.39, 0.29) is 24.2 Å². The highest BCUT2D eigenvalue weighted by Gasteiger charge is 2.69. The molecule has 3 unspecified atom stereocenters. The number of ketones is 4. The molecule has 0 saturated heterocycles. The van der Waals surface area contributed by atoms with Gasteiger partial charge in [0.2, 0.25) is 5.91 Å². The Labute approximate surface area is 237 Å². The van der Waals surface area contributed by atoms with Gasteiger partial charge in [0.05, 0.1) is 17.5 Å². The van der Waals surface area contributed by atoms with Crippen LogP contribution in [0.25, 0.3) is 11.1 Å². The molecular weight excluding hydrogens is 526 g/mol. The van der Waals surface area contributed by atoms with E-state index in [1.165, 1.54) is 11.0 Å². The van der Waals surface area contributed by atoms with E-state index in [1.807, 2.05) is 24.3 Å². The average Bonchev–Trinajstić information content (AvgIpc) is 2.89. The molecule has 10 heteroatoms. The molecule has 3 aliphatic carbocycles. The second-order valence-corrected chi connectivity index (χ2v) is 12.0. The van der Waals surface area contributed by atoms with Gasteiger partial charge in [0, 0.05) is 18.5 Å². The molecular formula is C31H35N3O7. The lowest BCUT2D eigenvalue weighted by Gasteiger charge is -2.52. The van der Waals surface area contributed by atoms with Crippen LogP contribution in [0.2, 0.25) is 0 Å². The van der Waals surface area contributed by atoms with Crippen molar-refractivity contribution < 1.29 is 34.2 Å². The van der Waals surface area contributed by atoms with E-state index >= 15 is 0 Å². The monoisotopic (exact) mass is 561 g/mol. The molecule has 41 heavy (non-hydrogen) atoms. The summed E-state index contributed by atoms with van der Waals surface area (Å²) in [7, 11) is 3.12. The number of carbonyl (C=O) groups excluding carboxylic acids is 5. The van der Waals surface area contributed by atoms with Gasteiger partial charge in [-0.05, 0) is 61.2 Å². The number of benzene rings is 2. The highest BCUT2D eigenvalue weighted by Crippen LogP contribution is 2.51. The molecule has 216 valence electrons. The largest absolute Gasteiger partial charge is 0.507 e. The molecule has 10 nitrogen and oxygen atoms in total. The molecule has 0 aliphatic heterocycles. The number of nitrogens with two attached hydrogens (primary N) is 1. The summed E-state index contributed by atoms with van der Waals surface area (Å²) in [6, 6.07) is 10.2. The van der Waals surface area contributed by atoms with Gasteiger partial charge in [0.25, 0.3) is 0 Å². The molecule has 2 aromatic carbocycles. The molecule has 2 saturated carbocycles. The van der Waals surface area contributed by atoms with Crippen LogP contribution in [0.3, 0.4) is 0 Å². The molecule has 3 aliphatic rings. The fourth-order valence-electron chi connectivity index (χ4n) is 7.00. The molecule has 6 atom stereocenters. The van der Waals surface area contributed by atoms with Crippen molar-refractivity contribution in [3.05, 3.63) is 53.1 Å². The van der Waals surface area contributed by atoms with E-state index in [0.29, 0.717) is 18.2 Å². The number of phenolic OH excluding ortho intramolecular Hbond substituents is 1. The first-order valence-corrected chi connectivity index (χ1v) is 13.8. The summed E-state index contributed by atoms with van der Waals surface area (Å²) in [5.41, 5.74) is 5.84. The summed E-state index contributed by atoms with van der Waals surface area (Å²) >= 11 is 0. The zero-order valence-corrected chi connectivity index (χ0v) is 23.5. The number of nitrogens with zero attached hydrogens (tertiary/aromatic N) is 1. The third kappa shape index (κ3) is 4.41. The van der Waals surface area contributed by atoms with E-state index in [2.05, 4.69) is 19.2 Å². The van der Waals surface area contributed by atoms with Gasteiger partial charge in [0.15, 0.2) is 34.7 Å². The predicted molar refractivity (Wildman–Crippen MR) is 149 cm³/mol. The van der Waals surface area contributed by atoms with Crippen molar-refractivity contribution in [2.75, 3.05) is 14.1 Å². The van der Waals surface area contributed by atoms with Crippen molar-refractivity contribution in [3.63, 3.8) is 0 Å². The van der Waals surface area contributed by atoms with Crippen LogP contribution in [0.1, 0.15) is 41.8 Å². The quantitative estimate of drug-likeness (QED) is 0.377. The SMILES string of the molecule is CC(C)NCc1ccc(-c2ccc(O)c3c2C[C@H]2C[C@H]4C(N(C)C)C(=O)C(C(N)=O)C(=O)[C@@]4(O)C(=O)C2C3=O)cc1. The van der Waals surface area contributed by atoms with Crippen molar-refractivity contribution in [1.29, 1.82) is 0 Å². The lowest BCUT2D eigenvalue weighted by molar-refractivity contribution is -0.181. The highest BCUT2D eigenvalue weighted by molar-refractivity contribution is 6.32. The van der Waals surface area contributed by atoms with Gasteiger partial charge in [-0.2, -0.15) is 0 Å². The number of aliphatic hydroxyl groups is 1. The summed E-state index contributed by atoms with van der Waals surface area (Å²) in [4.78, 5) is 68.1. The first kappa shape index (κ1) is 28.8. The van der Waals surface area contributed by atoms with Crippen LogP contribution in [0.5, 0.6) is 5.75 Å². The lowest BCUT2D eigenvalue weighted by Crippen LogP contribution is -2.74. The molecule has 2 aromatic rings. The lowest BCUT2D eigenvalue weighted by atomic mass is 9.52. The molecule has 0 aromatic heterocycles. The average molecular weight is 562 g/mol. The minimum atomic E-state index is -2.73. The number of Topliss-reactive ketones (excluding diaryl/α,β-unsaturated/α-hetero) is 4. The number of likely N-dealkylation sites (N-methyl/N-ethyl adjacent to an activating group) is 1. The predicted octanol–water partition coefficient (Wildman–Crippen LogP) is 1.03. The van der Waals surface area contributed by atoms with Gasteiger partial charge < -0.3 is 21.3 Å². The Morgan fingerprint density at radius 2 is 1.73 bits per heavy atom. The number of amides is 1. The molecule has 0 bridgehead atoms. The van der Waals surface area contributed by atoms with Gasteiger partial charge >= 0.3 is 0 Å². The van der Waals surface area contributed by atoms with E-state index in [9.17, 15) is 34.2 Å². The molecule has 2 fully saturated rings. The summed E-state index contributed by atoms with van der Waals surface area (Å²) < 4.78 is 0. The molecule has 0 spiro atoms. The van der Waals surface area contributed by atoms with Crippen molar-refractivity contribution in [1.82, 2.24) is 10.2 Å². The normalized spacial score (nSPS) is 29.4. The number of rotatable bonds is 6. The van der Waals surface area contributed by atoms with Crippen molar-refractivity contribution >= 4 is 29.0 Å². The third-order valence-electron chi connectivity index (χ3n) is 8.92. The van der Waals surface area contributed by atoms with Crippen molar-refractivity contribution in [3.8, 4) is 16.9 Å². The third-order valence-corrected chi connectivity index (χ3v) is 8.92. The zero-order valence-electron chi connectivity index (χ0n) is 23.5. The number of phenols is 1. The van der Waals surface area contributed by atoms with Crippen LogP contribution in [0, 0.1) is 23.7 Å². The number of nitrogens with one attached hydrogen (secondary N) is 1. The number of carbonyl (C=O) groups is 5. The number of primary amides is 1. The summed E-state index contributed by atoms with van der Waals surface area (Å²) in [6.45, 7) is 4.82. The van der Waals surface area contributed by atoms with E-state index in [4.69, 9.17) is 5.73 Å². The van der Waals surface area contributed by atoms with Crippen LogP contribution in [-0.2, 0) is 32.1 Å². The zero-order chi connectivity index (χ0) is 30.0. The van der Waals surface area contributed by atoms with Crippen LogP contribution >= 0.6 is 0 Å². The van der Waals surface area contributed by atoms with Gasteiger partial charge in [-0.25, -0.2) is 0 Å². The summed E-state index contributed by atoms with van der Waals surface area (Å²) in [6.07, 6.45) is 0.227. The fraction of sp³-hybridized carbons (Fsp3) is 0.452. The second kappa shape index (κ2) is 10.3. The summed E-state index contributed by atoms with van der Waals surface area (Å²) in [5.74, 6) is -10.5. The maximum Gasteiger partial charge on any atom is 0.235 e. The van der Waals surface area contributed by atoms with Crippen LogP contribution in [-0.4, -0.2) is 75.9 Å². The standard InChI is InChI=1S/C31H35N3O7/c1-14(2)33-13-15-5-7-16(8-6-15)18-9-10-21(35)23-19(18)11-17-12-20-25(34(3)4)27(37)24(30(32)40)29(39)31(20,41)28(38)22(17)26(23)36/h5-10,14,17,20,22,24-25,33,35,41H,11-13H2,1-4H3,(H2,32,40)/t17-,20-,22?,24?,25?,31-/m0/s1. The van der Waals surface area contributed by atoms with Crippen molar-refractivity contribution in [2.24, 2.45) is 29.4 Å². The smallest absolute Gasteiger partial charge is 0.235 e. The van der Waals surface area contributed by atoms with Gasteiger partial charge in [-0.15, -0.1) is 0 Å². The van der Waals surface area contributed by atoms with Gasteiger partial charge in [0.1, 0.15) is 5.75 Å². The molecule has 5 N–H and O–H groups in total. The second-order valence-electron chi connectivity index (χ2n) is 12.0. The first-order valence-electron chi connectivity index (χ1n) is 13.8. The Balaban J connectivity index is 1.57. The Hall–Kier alpha value is -3.73. The minimum absolute atomic E-state index is 0.0127. The van der Waals surface area contributed by atoms with Crippen LogP contribution in [0.4, 0.5) is 0 Å². The Kier molecular flexibility index (Phi) is 7.21. The van der Waals surface area contributed by atoms with Gasteiger partial charge in [-0.1, -0.05) is 44.2 Å². The van der Waals surface area contributed by atoms with Crippen LogP contribution in [0.15, 0.2) is 36.4 Å². The Bertz CT molecular complexity index is 1460. The molecule has 0 radical (unpaired) electrons. The number of hydrogen-bond acceptors (Lipinski definition) is 9. The first-order chi connectivity index (χ1) is 19.3. The maximum absolute atomic E-state index is 13.9. The van der Waals surface area contributed by atoms with Crippen molar-refractivity contribution in [2.45, 2.75) is 50.9 Å². The van der Waals surface area contributed by atoms with E-state index in [1.54, 1.807) is 20.2 Å². The Morgan fingerprint density at radius 1 is 1.07 bits per heavy atom. The maximum atomic E-state index is 13.9. The minimum Gasteiger partial charge on any atom is -0.507 e. The number of aromatic hydroxyl groups is 1. The highest BCUT2D eigenvalue weighted by atomic mass is 16.3. The number of fused-ring (bicyclic) bond motifs is 3. The number of hydrogen-bond donors (Lipinski definition) is 4. The van der Waals surface area contributed by atoms with E-state index in [0.717, 1.165) is 16.7 Å². The molecule has 0 heterocycles.